The standard InChI is InChI=1S/C14H25N5O/c1-5-7-12-16-11(15)9-13(17-12)19(8-6-2)10-14(20)18(3)4/h9H,5-8,10H2,1-4H3,(H2,15,16,17). The summed E-state index contributed by atoms with van der Waals surface area (Å²) in [6, 6.07) is 1.73. The second-order valence-electron chi connectivity index (χ2n) is 5.03. The summed E-state index contributed by atoms with van der Waals surface area (Å²) in [6.45, 7) is 5.22. The van der Waals surface area contributed by atoms with E-state index in [4.69, 9.17) is 5.73 Å². The van der Waals surface area contributed by atoms with Gasteiger partial charge in [0, 0.05) is 33.1 Å². The summed E-state index contributed by atoms with van der Waals surface area (Å²) in [5.74, 6) is 1.98. The predicted molar refractivity (Wildman–Crippen MR) is 81.6 cm³/mol. The first-order valence-electron chi connectivity index (χ1n) is 7.06. The van der Waals surface area contributed by atoms with Gasteiger partial charge in [0.1, 0.15) is 17.5 Å². The summed E-state index contributed by atoms with van der Waals surface area (Å²) >= 11 is 0. The van der Waals surface area contributed by atoms with Crippen LogP contribution in [0.4, 0.5) is 11.6 Å². The normalized spacial score (nSPS) is 10.4. The number of hydrogen-bond acceptors (Lipinski definition) is 5. The van der Waals surface area contributed by atoms with Crippen molar-refractivity contribution in [2.45, 2.75) is 33.1 Å². The van der Waals surface area contributed by atoms with Crippen LogP contribution in [-0.2, 0) is 11.2 Å². The molecule has 1 aromatic rings. The third-order valence-electron chi connectivity index (χ3n) is 2.89. The fourth-order valence-corrected chi connectivity index (χ4v) is 1.85. The van der Waals surface area contributed by atoms with Crippen molar-refractivity contribution in [3.8, 4) is 0 Å². The molecule has 0 aliphatic rings. The number of carbonyl (C=O) groups excluding carboxylic acids is 1. The molecule has 0 fully saturated rings. The average molecular weight is 279 g/mol. The van der Waals surface area contributed by atoms with Gasteiger partial charge in [-0.3, -0.25) is 4.79 Å². The maximum Gasteiger partial charge on any atom is 0.241 e. The number of rotatable bonds is 7. The van der Waals surface area contributed by atoms with E-state index < -0.39 is 0 Å². The van der Waals surface area contributed by atoms with Crippen molar-refractivity contribution in [2.24, 2.45) is 0 Å². The number of hydrogen-bond donors (Lipinski definition) is 1. The van der Waals surface area contributed by atoms with E-state index in [2.05, 4.69) is 23.8 Å². The maximum absolute atomic E-state index is 11.9. The first-order chi connectivity index (χ1) is 9.47. The van der Waals surface area contributed by atoms with Crippen LogP contribution in [0.15, 0.2) is 6.07 Å². The minimum atomic E-state index is 0.0488. The molecule has 1 amide bonds. The highest BCUT2D eigenvalue weighted by molar-refractivity contribution is 5.80. The van der Waals surface area contributed by atoms with Gasteiger partial charge in [-0.2, -0.15) is 0 Å². The Balaban J connectivity index is 2.98. The summed E-state index contributed by atoms with van der Waals surface area (Å²) < 4.78 is 0. The Bertz CT molecular complexity index is 447. The van der Waals surface area contributed by atoms with Gasteiger partial charge < -0.3 is 15.5 Å². The van der Waals surface area contributed by atoms with Crippen molar-refractivity contribution in [3.05, 3.63) is 11.9 Å². The molecule has 0 aliphatic heterocycles. The Labute approximate surface area is 121 Å². The van der Waals surface area contributed by atoms with Crippen LogP contribution in [-0.4, -0.2) is 48.0 Å². The number of likely N-dealkylation sites (N-methyl/N-ethyl adjacent to an activating group) is 1. The van der Waals surface area contributed by atoms with Gasteiger partial charge in [0.05, 0.1) is 6.54 Å². The smallest absolute Gasteiger partial charge is 0.241 e. The van der Waals surface area contributed by atoms with E-state index in [1.807, 2.05) is 4.90 Å². The van der Waals surface area contributed by atoms with E-state index >= 15 is 0 Å². The third-order valence-corrected chi connectivity index (χ3v) is 2.89. The quantitative estimate of drug-likeness (QED) is 0.814. The molecule has 0 saturated heterocycles. The third kappa shape index (κ3) is 4.68. The van der Waals surface area contributed by atoms with Crippen molar-refractivity contribution in [2.75, 3.05) is 37.8 Å². The van der Waals surface area contributed by atoms with Gasteiger partial charge in [0.25, 0.3) is 0 Å². The molecular weight excluding hydrogens is 254 g/mol. The summed E-state index contributed by atoms with van der Waals surface area (Å²) in [6.07, 6.45) is 2.70. The highest BCUT2D eigenvalue weighted by Gasteiger charge is 2.15. The van der Waals surface area contributed by atoms with E-state index in [-0.39, 0.29) is 5.91 Å². The maximum atomic E-state index is 11.9. The van der Waals surface area contributed by atoms with Crippen molar-refractivity contribution < 1.29 is 4.79 Å². The molecule has 0 aliphatic carbocycles. The van der Waals surface area contributed by atoms with Crippen LogP contribution in [0.3, 0.4) is 0 Å². The highest BCUT2D eigenvalue weighted by Crippen LogP contribution is 2.15. The first-order valence-corrected chi connectivity index (χ1v) is 7.06. The number of nitrogens with two attached hydrogens (primary N) is 1. The summed E-state index contributed by atoms with van der Waals surface area (Å²) in [5.41, 5.74) is 5.84. The zero-order valence-corrected chi connectivity index (χ0v) is 12.9. The lowest BCUT2D eigenvalue weighted by Gasteiger charge is -2.24. The Morgan fingerprint density at radius 3 is 2.50 bits per heavy atom. The molecule has 6 heteroatoms. The second-order valence-corrected chi connectivity index (χ2v) is 5.03. The van der Waals surface area contributed by atoms with Crippen LogP contribution in [0, 0.1) is 0 Å². The SMILES string of the molecule is CCCc1nc(N)cc(N(CCC)CC(=O)N(C)C)n1. The van der Waals surface area contributed by atoms with Crippen LogP contribution in [0.25, 0.3) is 0 Å². The van der Waals surface area contributed by atoms with Gasteiger partial charge in [-0.15, -0.1) is 0 Å². The number of carbonyl (C=O) groups is 1. The number of aromatic nitrogens is 2. The van der Waals surface area contributed by atoms with E-state index in [1.165, 1.54) is 0 Å². The van der Waals surface area contributed by atoms with Crippen molar-refractivity contribution >= 4 is 17.5 Å². The number of anilines is 2. The van der Waals surface area contributed by atoms with E-state index in [0.29, 0.717) is 12.4 Å². The van der Waals surface area contributed by atoms with Crippen LogP contribution in [0.1, 0.15) is 32.5 Å². The predicted octanol–water partition coefficient (Wildman–Crippen LogP) is 1.32. The second kappa shape index (κ2) is 7.67. The molecule has 112 valence electrons. The molecule has 0 radical (unpaired) electrons. The molecule has 0 unspecified atom stereocenters. The Morgan fingerprint density at radius 2 is 1.95 bits per heavy atom. The molecular formula is C14H25N5O. The monoisotopic (exact) mass is 279 g/mol. The molecule has 1 rings (SSSR count). The molecule has 0 saturated carbocycles. The summed E-state index contributed by atoms with van der Waals surface area (Å²) in [4.78, 5) is 24.2. The molecule has 0 aromatic carbocycles. The molecule has 0 spiro atoms. The zero-order chi connectivity index (χ0) is 15.1. The van der Waals surface area contributed by atoms with Gasteiger partial charge in [0.2, 0.25) is 5.91 Å². The van der Waals surface area contributed by atoms with Crippen molar-refractivity contribution in [1.82, 2.24) is 14.9 Å². The lowest BCUT2D eigenvalue weighted by atomic mass is 10.3. The Morgan fingerprint density at radius 1 is 1.25 bits per heavy atom. The lowest BCUT2D eigenvalue weighted by molar-refractivity contribution is -0.127. The minimum absolute atomic E-state index is 0.0488. The fraction of sp³-hybridized carbons (Fsp3) is 0.643. The molecule has 0 atom stereocenters. The van der Waals surface area contributed by atoms with Crippen LogP contribution < -0.4 is 10.6 Å². The summed E-state index contributed by atoms with van der Waals surface area (Å²) in [7, 11) is 3.51. The van der Waals surface area contributed by atoms with Gasteiger partial charge in [-0.25, -0.2) is 9.97 Å². The van der Waals surface area contributed by atoms with Crippen molar-refractivity contribution in [3.63, 3.8) is 0 Å². The highest BCUT2D eigenvalue weighted by atomic mass is 16.2. The van der Waals surface area contributed by atoms with Gasteiger partial charge in [0.15, 0.2) is 0 Å². The Hall–Kier alpha value is -1.85. The van der Waals surface area contributed by atoms with Crippen LogP contribution in [0.5, 0.6) is 0 Å². The van der Waals surface area contributed by atoms with E-state index in [9.17, 15) is 4.79 Å². The zero-order valence-electron chi connectivity index (χ0n) is 12.9. The molecule has 20 heavy (non-hydrogen) atoms. The lowest BCUT2D eigenvalue weighted by Crippen LogP contribution is -2.37. The molecule has 1 aromatic heterocycles. The van der Waals surface area contributed by atoms with Crippen LogP contribution >= 0.6 is 0 Å². The average Bonchev–Trinajstić information content (AvgIpc) is 2.37. The van der Waals surface area contributed by atoms with E-state index in [0.717, 1.165) is 37.4 Å². The number of nitrogens with zero attached hydrogens (tertiary/aromatic N) is 4. The summed E-state index contributed by atoms with van der Waals surface area (Å²) in [5, 5.41) is 0. The van der Waals surface area contributed by atoms with Crippen LogP contribution in [0.2, 0.25) is 0 Å². The largest absolute Gasteiger partial charge is 0.384 e. The minimum Gasteiger partial charge on any atom is -0.384 e. The fourth-order valence-electron chi connectivity index (χ4n) is 1.85. The van der Waals surface area contributed by atoms with Gasteiger partial charge in [-0.05, 0) is 12.8 Å². The Kier molecular flexibility index (Phi) is 6.21. The number of nitrogen functional groups attached to an aromatic ring is 1. The van der Waals surface area contributed by atoms with Gasteiger partial charge in [-0.1, -0.05) is 13.8 Å². The number of aryl methyl sites for hydroxylation is 1. The van der Waals surface area contributed by atoms with Crippen molar-refractivity contribution in [1.29, 1.82) is 0 Å². The number of amides is 1. The molecule has 6 nitrogen and oxygen atoms in total. The molecule has 2 N–H and O–H groups in total. The molecule has 1 heterocycles. The first kappa shape index (κ1) is 16.2. The van der Waals surface area contributed by atoms with Gasteiger partial charge >= 0.3 is 0 Å². The molecule has 0 bridgehead atoms. The topological polar surface area (TPSA) is 75.3 Å². The van der Waals surface area contributed by atoms with E-state index in [1.54, 1.807) is 25.1 Å².